The molecule has 2 N–H and O–H groups in total. The van der Waals surface area contributed by atoms with Gasteiger partial charge in [0.1, 0.15) is 5.82 Å². The zero-order valence-electron chi connectivity index (χ0n) is 8.72. The highest BCUT2D eigenvalue weighted by Gasteiger charge is 2.13. The van der Waals surface area contributed by atoms with Gasteiger partial charge in [-0.1, -0.05) is 0 Å². The van der Waals surface area contributed by atoms with Crippen LogP contribution in [0.15, 0.2) is 12.1 Å². The molecule has 0 heterocycles. The fraction of sp³-hybridized carbons (Fsp3) is 0.455. The Hall–Kier alpha value is -1.16. The molecule has 0 fully saturated rings. The van der Waals surface area contributed by atoms with Gasteiger partial charge < -0.3 is 10.5 Å². The molecule has 0 amide bonds. The minimum absolute atomic E-state index is 0.00650. The lowest BCUT2D eigenvalue weighted by Crippen LogP contribution is -2.02. The molecule has 0 aliphatic carbocycles. The molecule has 0 aromatic heterocycles. The number of hydrogen-bond donors (Lipinski definition) is 1. The maximum absolute atomic E-state index is 13.4. The van der Waals surface area contributed by atoms with Gasteiger partial charge in [-0.25, -0.2) is 8.78 Å². The van der Waals surface area contributed by atoms with E-state index >= 15 is 0 Å². The van der Waals surface area contributed by atoms with Crippen LogP contribution >= 0.6 is 0 Å². The molecule has 0 atom stereocenters. The van der Waals surface area contributed by atoms with Gasteiger partial charge in [0.25, 0.3) is 0 Å². The second-order valence-corrected chi connectivity index (χ2v) is 3.29. The molecule has 4 heteroatoms. The summed E-state index contributed by atoms with van der Waals surface area (Å²) >= 11 is 0. The number of nitrogens with two attached hydrogens (primary N) is 1. The number of hydrogen-bond acceptors (Lipinski definition) is 2. The predicted octanol–water partition coefficient (Wildman–Crippen LogP) is 2.25. The predicted molar refractivity (Wildman–Crippen MR) is 54.9 cm³/mol. The Labute approximate surface area is 88.0 Å². The minimum Gasteiger partial charge on any atom is -0.493 e. The summed E-state index contributed by atoms with van der Waals surface area (Å²) in [5.41, 5.74) is 5.63. The summed E-state index contributed by atoms with van der Waals surface area (Å²) in [6, 6.07) is 2.19. The van der Waals surface area contributed by atoms with Crippen molar-refractivity contribution in [2.75, 3.05) is 13.7 Å². The normalized spacial score (nSPS) is 10.4. The fourth-order valence-electron chi connectivity index (χ4n) is 1.47. The van der Waals surface area contributed by atoms with Crippen LogP contribution in [0.4, 0.5) is 8.78 Å². The van der Waals surface area contributed by atoms with Crippen LogP contribution in [0, 0.1) is 11.6 Å². The number of benzene rings is 1. The van der Waals surface area contributed by atoms with Crippen molar-refractivity contribution in [1.29, 1.82) is 0 Å². The average molecular weight is 215 g/mol. The summed E-state index contributed by atoms with van der Waals surface area (Å²) in [5.74, 6) is -0.945. The molecule has 84 valence electrons. The van der Waals surface area contributed by atoms with Gasteiger partial charge in [0.2, 0.25) is 0 Å². The molecule has 15 heavy (non-hydrogen) atoms. The van der Waals surface area contributed by atoms with Crippen LogP contribution in [0.2, 0.25) is 0 Å². The van der Waals surface area contributed by atoms with E-state index in [1.807, 2.05) is 0 Å². The number of unbranched alkanes of at least 4 members (excludes halogenated alkanes) is 1. The summed E-state index contributed by atoms with van der Waals surface area (Å²) in [4.78, 5) is 0. The fourth-order valence-corrected chi connectivity index (χ4v) is 1.47. The molecule has 0 radical (unpaired) electrons. The monoisotopic (exact) mass is 215 g/mol. The third kappa shape index (κ3) is 2.89. The van der Waals surface area contributed by atoms with E-state index in [9.17, 15) is 8.78 Å². The van der Waals surface area contributed by atoms with Crippen LogP contribution in [0.25, 0.3) is 0 Å². The second kappa shape index (κ2) is 5.66. The first-order chi connectivity index (χ1) is 7.20. The van der Waals surface area contributed by atoms with Crippen molar-refractivity contribution < 1.29 is 13.5 Å². The Morgan fingerprint density at radius 3 is 2.47 bits per heavy atom. The highest BCUT2D eigenvalue weighted by atomic mass is 19.1. The van der Waals surface area contributed by atoms with Gasteiger partial charge in [0.05, 0.1) is 7.11 Å². The van der Waals surface area contributed by atoms with Gasteiger partial charge in [-0.2, -0.15) is 0 Å². The third-order valence-electron chi connectivity index (χ3n) is 2.24. The lowest BCUT2D eigenvalue weighted by Gasteiger charge is -2.10. The van der Waals surface area contributed by atoms with Crippen molar-refractivity contribution in [2.24, 2.45) is 5.73 Å². The van der Waals surface area contributed by atoms with Gasteiger partial charge in [0, 0.05) is 5.56 Å². The smallest absolute Gasteiger partial charge is 0.165 e. The molecule has 0 unspecified atom stereocenters. The van der Waals surface area contributed by atoms with Crippen molar-refractivity contribution in [1.82, 2.24) is 0 Å². The Morgan fingerprint density at radius 1 is 1.20 bits per heavy atom. The zero-order valence-corrected chi connectivity index (χ0v) is 8.72. The van der Waals surface area contributed by atoms with Crippen LogP contribution < -0.4 is 10.5 Å². The maximum Gasteiger partial charge on any atom is 0.165 e. The van der Waals surface area contributed by atoms with E-state index in [0.717, 1.165) is 25.0 Å². The number of halogens is 2. The molecule has 0 bridgehead atoms. The van der Waals surface area contributed by atoms with Crippen molar-refractivity contribution in [3.63, 3.8) is 0 Å². The van der Waals surface area contributed by atoms with E-state index in [0.29, 0.717) is 18.5 Å². The van der Waals surface area contributed by atoms with Crippen LogP contribution in [-0.4, -0.2) is 13.7 Å². The molecular weight excluding hydrogens is 200 g/mol. The van der Waals surface area contributed by atoms with Crippen molar-refractivity contribution in [3.8, 4) is 5.75 Å². The van der Waals surface area contributed by atoms with Crippen LogP contribution in [0.3, 0.4) is 0 Å². The Bertz CT molecular complexity index is 329. The quantitative estimate of drug-likeness (QED) is 0.764. The molecule has 0 saturated carbocycles. The molecular formula is C11H15F2NO. The largest absolute Gasteiger partial charge is 0.493 e. The maximum atomic E-state index is 13.4. The van der Waals surface area contributed by atoms with Gasteiger partial charge in [-0.15, -0.1) is 0 Å². The molecule has 0 spiro atoms. The Kier molecular flexibility index (Phi) is 4.49. The Balaban J connectivity index is 2.87. The van der Waals surface area contributed by atoms with Crippen LogP contribution in [-0.2, 0) is 6.42 Å². The minimum atomic E-state index is -0.526. The average Bonchev–Trinajstić information content (AvgIpc) is 2.23. The van der Waals surface area contributed by atoms with E-state index in [4.69, 9.17) is 10.5 Å². The summed E-state index contributed by atoms with van der Waals surface area (Å²) in [6.07, 6.45) is 1.97. The SMILES string of the molecule is COc1c(F)ccc(F)c1CCCCN. The topological polar surface area (TPSA) is 35.2 Å². The third-order valence-corrected chi connectivity index (χ3v) is 2.24. The first-order valence-corrected chi connectivity index (χ1v) is 4.91. The molecule has 2 nitrogen and oxygen atoms in total. The van der Waals surface area contributed by atoms with Gasteiger partial charge in [-0.05, 0) is 37.9 Å². The summed E-state index contributed by atoms with van der Waals surface area (Å²) in [7, 11) is 1.34. The van der Waals surface area contributed by atoms with E-state index in [-0.39, 0.29) is 5.75 Å². The van der Waals surface area contributed by atoms with E-state index in [1.54, 1.807) is 0 Å². The van der Waals surface area contributed by atoms with Crippen molar-refractivity contribution in [2.45, 2.75) is 19.3 Å². The lowest BCUT2D eigenvalue weighted by molar-refractivity contribution is 0.375. The van der Waals surface area contributed by atoms with Crippen LogP contribution in [0.5, 0.6) is 5.75 Å². The summed E-state index contributed by atoms with van der Waals surface area (Å²) in [6.45, 7) is 0.555. The van der Waals surface area contributed by atoms with E-state index in [1.165, 1.54) is 7.11 Å². The molecule has 1 rings (SSSR count). The highest BCUT2D eigenvalue weighted by molar-refractivity contribution is 5.36. The molecule has 0 aliphatic rings. The summed E-state index contributed by atoms with van der Waals surface area (Å²) in [5, 5.41) is 0. The molecule has 1 aromatic rings. The van der Waals surface area contributed by atoms with Crippen LogP contribution in [0.1, 0.15) is 18.4 Å². The van der Waals surface area contributed by atoms with Gasteiger partial charge in [-0.3, -0.25) is 0 Å². The standard InChI is InChI=1S/C11H15F2NO/c1-15-11-8(4-2-3-7-14)9(12)5-6-10(11)13/h5-6H,2-4,7,14H2,1H3. The van der Waals surface area contributed by atoms with E-state index in [2.05, 4.69) is 0 Å². The Morgan fingerprint density at radius 2 is 1.87 bits per heavy atom. The highest BCUT2D eigenvalue weighted by Crippen LogP contribution is 2.26. The zero-order chi connectivity index (χ0) is 11.3. The number of rotatable bonds is 5. The van der Waals surface area contributed by atoms with Gasteiger partial charge >= 0.3 is 0 Å². The van der Waals surface area contributed by atoms with Gasteiger partial charge in [0.15, 0.2) is 11.6 Å². The first kappa shape index (κ1) is 11.9. The number of methoxy groups -OCH3 is 1. The molecule has 1 aromatic carbocycles. The first-order valence-electron chi connectivity index (χ1n) is 4.91. The van der Waals surface area contributed by atoms with Crippen molar-refractivity contribution in [3.05, 3.63) is 29.3 Å². The van der Waals surface area contributed by atoms with Crippen molar-refractivity contribution >= 4 is 0 Å². The second-order valence-electron chi connectivity index (χ2n) is 3.29. The lowest BCUT2D eigenvalue weighted by atomic mass is 10.1. The number of ether oxygens (including phenoxy) is 1. The molecule has 0 saturated heterocycles. The summed E-state index contributed by atoms with van der Waals surface area (Å²) < 4.78 is 31.4. The molecule has 0 aliphatic heterocycles. The van der Waals surface area contributed by atoms with E-state index < -0.39 is 11.6 Å².